The SMILES string of the molecule is O=C(OCc1ccc(C2=CC(CN3C(=O)c4ccccc4C#Cc4ccccc43)ON2)cc1)N1CCN(C(=O)c2ccccc2-c2c3ccc(=O)cc-3oc3cc(O)ccc23)CC1. The molecule has 0 radical (unpaired) electrons. The van der Waals surface area contributed by atoms with Crippen molar-refractivity contribution in [2.45, 2.75) is 12.7 Å². The van der Waals surface area contributed by atoms with Crippen LogP contribution < -0.4 is 15.8 Å². The summed E-state index contributed by atoms with van der Waals surface area (Å²) in [4.78, 5) is 64.5. The van der Waals surface area contributed by atoms with E-state index in [1.54, 1.807) is 51.1 Å². The van der Waals surface area contributed by atoms with Crippen LogP contribution in [-0.2, 0) is 16.2 Å². The number of carbonyl (C=O) groups excluding carboxylic acids is 3. The van der Waals surface area contributed by atoms with Gasteiger partial charge in [0.25, 0.3) is 11.8 Å². The molecule has 5 aliphatic rings. The van der Waals surface area contributed by atoms with Crippen LogP contribution in [0.1, 0.15) is 43.0 Å². The van der Waals surface area contributed by atoms with Gasteiger partial charge in [-0.15, -0.1) is 0 Å². The summed E-state index contributed by atoms with van der Waals surface area (Å²) < 4.78 is 11.7. The highest BCUT2D eigenvalue weighted by molar-refractivity contribution is 6.10. The molecule has 1 aliphatic carbocycles. The monoisotopic (exact) mass is 834 g/mol. The molecule has 3 amide bonds. The Bertz CT molecular complexity index is 3080. The van der Waals surface area contributed by atoms with Gasteiger partial charge in [-0.2, -0.15) is 0 Å². The number of anilines is 1. The van der Waals surface area contributed by atoms with Crippen LogP contribution in [0.3, 0.4) is 0 Å². The highest BCUT2D eigenvalue weighted by Gasteiger charge is 2.30. The largest absolute Gasteiger partial charge is 0.508 e. The number of ether oxygens (including phenoxy) is 1. The normalized spacial score (nSPS) is 15.7. The Labute approximate surface area is 361 Å². The molecular formula is C51H38N4O8. The molecule has 1 unspecified atom stereocenters. The highest BCUT2D eigenvalue weighted by atomic mass is 16.7. The van der Waals surface area contributed by atoms with Gasteiger partial charge in [0.1, 0.15) is 29.8 Å². The number of benzene rings is 6. The minimum Gasteiger partial charge on any atom is -0.508 e. The molecule has 0 saturated carbocycles. The summed E-state index contributed by atoms with van der Waals surface area (Å²) in [6.45, 7) is 1.53. The van der Waals surface area contributed by atoms with Crippen molar-refractivity contribution in [2.24, 2.45) is 0 Å². The lowest BCUT2D eigenvalue weighted by atomic mass is 9.90. The second kappa shape index (κ2) is 16.4. The minimum atomic E-state index is -0.469. The van der Waals surface area contributed by atoms with E-state index in [4.69, 9.17) is 14.0 Å². The Balaban J connectivity index is 0.768. The molecule has 0 bridgehead atoms. The molecule has 63 heavy (non-hydrogen) atoms. The van der Waals surface area contributed by atoms with Crippen LogP contribution in [0.2, 0.25) is 0 Å². The maximum atomic E-state index is 14.2. The van der Waals surface area contributed by atoms with Crippen molar-refractivity contribution < 1.29 is 33.5 Å². The van der Waals surface area contributed by atoms with Crippen molar-refractivity contribution in [3.05, 3.63) is 183 Å². The van der Waals surface area contributed by atoms with E-state index in [0.717, 1.165) is 28.1 Å². The lowest BCUT2D eigenvalue weighted by Gasteiger charge is -2.34. The van der Waals surface area contributed by atoms with E-state index in [2.05, 4.69) is 17.3 Å². The summed E-state index contributed by atoms with van der Waals surface area (Å²) >= 11 is 0. The summed E-state index contributed by atoms with van der Waals surface area (Å²) in [6.07, 6.45) is 1.04. The first kappa shape index (κ1) is 39.0. The van der Waals surface area contributed by atoms with Crippen LogP contribution in [0.5, 0.6) is 5.75 Å². The Hall–Kier alpha value is -8.14. The van der Waals surface area contributed by atoms with E-state index in [0.29, 0.717) is 76.3 Å². The zero-order valence-corrected chi connectivity index (χ0v) is 33.7. The number of nitrogens with one attached hydrogen (secondary N) is 1. The van der Waals surface area contributed by atoms with Crippen molar-refractivity contribution in [1.29, 1.82) is 0 Å². The molecule has 0 aromatic heterocycles. The van der Waals surface area contributed by atoms with Gasteiger partial charge in [-0.05, 0) is 77.4 Å². The first-order valence-electron chi connectivity index (χ1n) is 20.5. The fourth-order valence-corrected chi connectivity index (χ4v) is 8.30. The van der Waals surface area contributed by atoms with Crippen molar-refractivity contribution in [1.82, 2.24) is 15.3 Å². The number of amides is 3. The number of fused-ring (bicyclic) bond motifs is 4. The van der Waals surface area contributed by atoms with Crippen LogP contribution >= 0.6 is 0 Å². The third-order valence-electron chi connectivity index (χ3n) is 11.5. The van der Waals surface area contributed by atoms with Crippen LogP contribution in [0, 0.1) is 11.8 Å². The number of phenolic OH excluding ortho intramolecular Hbond substituents is 1. The molecule has 12 nitrogen and oxygen atoms in total. The van der Waals surface area contributed by atoms with Gasteiger partial charge in [0.2, 0.25) is 0 Å². The van der Waals surface area contributed by atoms with E-state index in [1.165, 1.54) is 18.2 Å². The molecule has 5 aromatic carbocycles. The Morgan fingerprint density at radius 1 is 0.746 bits per heavy atom. The van der Waals surface area contributed by atoms with E-state index in [9.17, 15) is 24.3 Å². The molecule has 1 atom stereocenters. The predicted molar refractivity (Wildman–Crippen MR) is 237 cm³/mol. The number of rotatable bonds is 7. The number of nitrogens with zero attached hydrogens (tertiary/aromatic N) is 3. The molecule has 4 heterocycles. The average Bonchev–Trinajstić information content (AvgIpc) is 3.79. The number of para-hydroxylation sites is 1. The topological polar surface area (TPSA) is 142 Å². The van der Waals surface area contributed by atoms with Gasteiger partial charge in [0.15, 0.2) is 5.43 Å². The molecule has 1 fully saturated rings. The standard InChI is InChI=1S/C51H38N4O8/c56-36-19-21-42-46(27-36)62-47-28-37(57)20-22-43(47)48(42)40-10-4-5-11-41(40)49(58)53-23-25-54(26-24-53)51(60)61-31-32-13-15-34(16-14-32)44-29-38(63-52-44)30-55-45-12-6-2-8-35(45)18-17-33-7-1-3-9-39(33)50(55)59/h1-16,19-22,27-29,38,52,56H,23-26,30-31H2. The number of piperazine rings is 1. The molecule has 4 aliphatic heterocycles. The number of hydrogen-bond acceptors (Lipinski definition) is 9. The van der Waals surface area contributed by atoms with Gasteiger partial charge in [-0.1, -0.05) is 78.6 Å². The first-order chi connectivity index (χ1) is 30.8. The van der Waals surface area contributed by atoms with Crippen LogP contribution in [0.25, 0.3) is 39.1 Å². The molecule has 0 spiro atoms. The Morgan fingerprint density at radius 3 is 2.29 bits per heavy atom. The Morgan fingerprint density at radius 2 is 1.46 bits per heavy atom. The fourth-order valence-electron chi connectivity index (χ4n) is 8.30. The number of carbonyl (C=O) groups is 3. The Kier molecular flexibility index (Phi) is 10.1. The van der Waals surface area contributed by atoms with Gasteiger partial charge in [-0.25, -0.2) is 4.79 Å². The lowest BCUT2D eigenvalue weighted by molar-refractivity contribution is 0.0540. The van der Waals surface area contributed by atoms with Crippen molar-refractivity contribution >= 4 is 40.3 Å². The zero-order chi connectivity index (χ0) is 43.0. The van der Waals surface area contributed by atoms with Crippen LogP contribution in [-0.4, -0.2) is 71.6 Å². The quantitative estimate of drug-likeness (QED) is 0.122. The molecule has 5 aromatic rings. The molecular weight excluding hydrogens is 797 g/mol. The van der Waals surface area contributed by atoms with E-state index >= 15 is 0 Å². The summed E-state index contributed by atoms with van der Waals surface area (Å²) in [5.74, 6) is 6.38. The molecule has 1 saturated heterocycles. The van der Waals surface area contributed by atoms with Crippen molar-refractivity contribution in [3.8, 4) is 40.0 Å². The van der Waals surface area contributed by atoms with Gasteiger partial charge >= 0.3 is 6.09 Å². The van der Waals surface area contributed by atoms with E-state index in [1.807, 2.05) is 84.9 Å². The first-order valence-corrected chi connectivity index (χ1v) is 20.5. The molecule has 12 heteroatoms. The predicted octanol–water partition coefficient (Wildman–Crippen LogP) is 7.67. The third-order valence-corrected chi connectivity index (χ3v) is 11.5. The molecule has 10 rings (SSSR count). The van der Waals surface area contributed by atoms with Gasteiger partial charge < -0.3 is 29.0 Å². The zero-order valence-electron chi connectivity index (χ0n) is 33.7. The smallest absolute Gasteiger partial charge is 0.410 e. The maximum absolute atomic E-state index is 14.2. The number of hydrogen-bond donors (Lipinski definition) is 2. The van der Waals surface area contributed by atoms with Crippen LogP contribution in [0.15, 0.2) is 149 Å². The van der Waals surface area contributed by atoms with Gasteiger partial charge in [0, 0.05) is 71.5 Å². The van der Waals surface area contributed by atoms with Crippen molar-refractivity contribution in [3.63, 3.8) is 0 Å². The van der Waals surface area contributed by atoms with E-state index < -0.39 is 12.2 Å². The average molecular weight is 835 g/mol. The second-order valence-electron chi connectivity index (χ2n) is 15.5. The minimum absolute atomic E-state index is 0.0131. The van der Waals surface area contributed by atoms with Gasteiger partial charge in [0.05, 0.1) is 23.5 Å². The number of phenols is 1. The molecule has 2 N–H and O–H groups in total. The third kappa shape index (κ3) is 7.62. The molecule has 310 valence electrons. The summed E-state index contributed by atoms with van der Waals surface area (Å²) in [6, 6.07) is 39.2. The number of aromatic hydroxyl groups is 1. The highest BCUT2D eigenvalue weighted by Crippen LogP contribution is 2.42. The van der Waals surface area contributed by atoms with Crippen LogP contribution in [0.4, 0.5) is 10.5 Å². The van der Waals surface area contributed by atoms with Gasteiger partial charge in [-0.3, -0.25) is 24.7 Å². The summed E-state index contributed by atoms with van der Waals surface area (Å²) in [5.41, 5.74) is 10.8. The van der Waals surface area contributed by atoms with Crippen molar-refractivity contribution in [2.75, 3.05) is 37.6 Å². The maximum Gasteiger partial charge on any atom is 0.410 e. The fraction of sp³-hybridized carbons (Fsp3) is 0.137. The second-order valence-corrected chi connectivity index (χ2v) is 15.5. The van der Waals surface area contributed by atoms with E-state index in [-0.39, 0.29) is 36.1 Å². The number of hydroxylamine groups is 1. The summed E-state index contributed by atoms with van der Waals surface area (Å²) in [7, 11) is 0. The summed E-state index contributed by atoms with van der Waals surface area (Å²) in [5, 5.41) is 10.9. The lowest BCUT2D eigenvalue weighted by Crippen LogP contribution is -2.50.